The Kier molecular flexibility index (Phi) is 5.54. The lowest BCUT2D eigenvalue weighted by Gasteiger charge is -2.34. The fraction of sp³-hybridized carbons (Fsp3) is 0.375. The van der Waals surface area contributed by atoms with Crippen LogP contribution >= 0.6 is 0 Å². The van der Waals surface area contributed by atoms with E-state index in [4.69, 9.17) is 0 Å². The van der Waals surface area contributed by atoms with Crippen LogP contribution in [0.25, 0.3) is 0 Å². The number of benzene rings is 2. The quantitative estimate of drug-likeness (QED) is 0.426. The molecule has 2 aromatic carbocycles. The highest BCUT2D eigenvalue weighted by Gasteiger charge is 2.45. The number of nitro benzene ring substituents is 1. The van der Waals surface area contributed by atoms with Crippen molar-refractivity contribution in [3.05, 3.63) is 63.2 Å². The molecule has 3 aliphatic rings. The Balaban J connectivity index is 1.39. The summed E-state index contributed by atoms with van der Waals surface area (Å²) in [6.45, 7) is 2.60. The van der Waals surface area contributed by atoms with Gasteiger partial charge in [-0.15, -0.1) is 0 Å². The molecule has 2 atom stereocenters. The van der Waals surface area contributed by atoms with Gasteiger partial charge in [-0.2, -0.15) is 0 Å². The van der Waals surface area contributed by atoms with Crippen molar-refractivity contribution >= 4 is 35.0 Å². The molecule has 2 aromatic rings. The standard InChI is InChI=1S/C24H25N5O6/c1-13-2-3-14(22(30)25-15-4-5-15)8-20(13)26-23(31)19-10-16(6-7-21(19)29(34)35)27-11-18-9-17(27)12-28(18)24(32)33/h2-3,6-8,10,15,17-18H,4-5,9,11-12H2,1H3,(H,25,30)(H,26,31)(H,32,33)/t17-,18-/m0/s1. The minimum atomic E-state index is -0.954. The van der Waals surface area contributed by atoms with E-state index in [1.807, 2.05) is 4.90 Å². The SMILES string of the molecule is Cc1ccc(C(=O)NC2CC2)cc1NC(=O)c1cc(N2C[C@@H]3C[C@H]2CN3C(=O)O)ccc1[N+](=O)[O-]. The van der Waals surface area contributed by atoms with E-state index in [0.29, 0.717) is 42.0 Å². The second-order valence-corrected chi connectivity index (χ2v) is 9.32. The minimum absolute atomic E-state index is 0.0441. The predicted molar refractivity (Wildman–Crippen MR) is 127 cm³/mol. The average molecular weight is 479 g/mol. The molecule has 0 aromatic heterocycles. The van der Waals surface area contributed by atoms with Crippen LogP contribution in [-0.2, 0) is 0 Å². The zero-order valence-corrected chi connectivity index (χ0v) is 19.1. The summed E-state index contributed by atoms with van der Waals surface area (Å²) in [5, 5.41) is 26.6. The highest BCUT2D eigenvalue weighted by atomic mass is 16.6. The number of nitrogens with one attached hydrogen (secondary N) is 2. The van der Waals surface area contributed by atoms with Crippen LogP contribution in [0.15, 0.2) is 36.4 Å². The summed E-state index contributed by atoms with van der Waals surface area (Å²) >= 11 is 0. The molecule has 2 saturated heterocycles. The topological polar surface area (TPSA) is 145 Å². The van der Waals surface area contributed by atoms with Crippen molar-refractivity contribution in [2.75, 3.05) is 23.3 Å². The maximum Gasteiger partial charge on any atom is 0.407 e. The molecule has 0 spiro atoms. The van der Waals surface area contributed by atoms with Gasteiger partial charge < -0.3 is 25.5 Å². The van der Waals surface area contributed by atoms with E-state index in [-0.39, 0.29) is 35.3 Å². The Morgan fingerprint density at radius 2 is 1.83 bits per heavy atom. The van der Waals surface area contributed by atoms with E-state index < -0.39 is 16.9 Å². The smallest absolute Gasteiger partial charge is 0.407 e. The molecule has 11 nitrogen and oxygen atoms in total. The third-order valence-electron chi connectivity index (χ3n) is 6.90. The summed E-state index contributed by atoms with van der Waals surface area (Å²) in [5.74, 6) is -0.881. The van der Waals surface area contributed by atoms with Crippen molar-refractivity contribution in [3.8, 4) is 0 Å². The van der Waals surface area contributed by atoms with Gasteiger partial charge in [-0.05, 0) is 56.0 Å². The summed E-state index contributed by atoms with van der Waals surface area (Å²) in [6.07, 6.45) is 1.63. The van der Waals surface area contributed by atoms with E-state index >= 15 is 0 Å². The van der Waals surface area contributed by atoms with E-state index in [2.05, 4.69) is 10.6 Å². The Hall–Kier alpha value is -4.15. The van der Waals surface area contributed by atoms with Crippen LogP contribution in [-0.4, -0.2) is 64.1 Å². The molecular weight excluding hydrogens is 454 g/mol. The highest BCUT2D eigenvalue weighted by molar-refractivity contribution is 6.08. The number of hydrogen-bond acceptors (Lipinski definition) is 6. The Bertz CT molecular complexity index is 1240. The van der Waals surface area contributed by atoms with E-state index in [9.17, 15) is 29.6 Å². The lowest BCUT2D eigenvalue weighted by Crippen LogP contribution is -2.48. The number of anilines is 2. The molecule has 0 radical (unpaired) electrons. The molecule has 2 bridgehead atoms. The van der Waals surface area contributed by atoms with Crippen LogP contribution in [0.1, 0.15) is 45.5 Å². The summed E-state index contributed by atoms with van der Waals surface area (Å²) in [6, 6.07) is 9.35. The third kappa shape index (κ3) is 4.36. The first-order chi connectivity index (χ1) is 16.7. The molecule has 35 heavy (non-hydrogen) atoms. The predicted octanol–water partition coefficient (Wildman–Crippen LogP) is 2.99. The number of carbonyl (C=O) groups is 3. The fourth-order valence-electron chi connectivity index (χ4n) is 4.85. The molecule has 182 valence electrons. The van der Waals surface area contributed by atoms with Gasteiger partial charge in [-0.25, -0.2) is 4.79 Å². The highest BCUT2D eigenvalue weighted by Crippen LogP contribution is 2.36. The Morgan fingerprint density at radius 3 is 2.46 bits per heavy atom. The monoisotopic (exact) mass is 479 g/mol. The van der Waals surface area contributed by atoms with Crippen LogP contribution < -0.4 is 15.5 Å². The van der Waals surface area contributed by atoms with Gasteiger partial charge in [0.15, 0.2) is 0 Å². The first kappa shape index (κ1) is 22.6. The molecule has 2 heterocycles. The first-order valence-electron chi connectivity index (χ1n) is 11.5. The summed E-state index contributed by atoms with van der Waals surface area (Å²) in [7, 11) is 0. The zero-order chi connectivity index (χ0) is 24.9. The van der Waals surface area contributed by atoms with Crippen LogP contribution in [0.4, 0.5) is 21.9 Å². The largest absolute Gasteiger partial charge is 0.465 e. The lowest BCUT2D eigenvalue weighted by atomic mass is 10.1. The molecule has 1 saturated carbocycles. The number of piperazine rings is 1. The van der Waals surface area contributed by atoms with Gasteiger partial charge in [0, 0.05) is 48.2 Å². The van der Waals surface area contributed by atoms with Gasteiger partial charge in [0.2, 0.25) is 0 Å². The second-order valence-electron chi connectivity index (χ2n) is 9.32. The number of carbonyl (C=O) groups excluding carboxylic acids is 2. The number of aryl methyl sites for hydroxylation is 1. The van der Waals surface area contributed by atoms with E-state index in [0.717, 1.165) is 12.8 Å². The average Bonchev–Trinajstić information content (AvgIpc) is 3.40. The summed E-state index contributed by atoms with van der Waals surface area (Å²) in [5.41, 5.74) is 1.71. The fourth-order valence-corrected chi connectivity index (χ4v) is 4.85. The van der Waals surface area contributed by atoms with Gasteiger partial charge in [0.25, 0.3) is 17.5 Å². The van der Waals surface area contributed by atoms with Gasteiger partial charge in [0.1, 0.15) is 5.56 Å². The van der Waals surface area contributed by atoms with Crippen molar-refractivity contribution in [2.24, 2.45) is 0 Å². The number of carboxylic acid groups (broad SMARTS) is 1. The van der Waals surface area contributed by atoms with Gasteiger partial charge in [0.05, 0.1) is 11.0 Å². The first-order valence-corrected chi connectivity index (χ1v) is 11.5. The molecule has 1 aliphatic carbocycles. The maximum absolute atomic E-state index is 13.2. The molecule has 3 N–H and O–H groups in total. The number of amides is 3. The number of rotatable bonds is 6. The minimum Gasteiger partial charge on any atom is -0.465 e. The third-order valence-corrected chi connectivity index (χ3v) is 6.90. The Morgan fingerprint density at radius 1 is 1.06 bits per heavy atom. The normalized spacial score (nSPS) is 20.6. The summed E-state index contributed by atoms with van der Waals surface area (Å²) in [4.78, 5) is 51.5. The summed E-state index contributed by atoms with van der Waals surface area (Å²) < 4.78 is 0. The van der Waals surface area contributed by atoms with Crippen LogP contribution in [0.5, 0.6) is 0 Å². The molecule has 3 amide bonds. The van der Waals surface area contributed by atoms with Gasteiger partial charge in [-0.3, -0.25) is 19.7 Å². The molecule has 3 fully saturated rings. The van der Waals surface area contributed by atoms with Crippen molar-refractivity contribution in [2.45, 2.75) is 44.3 Å². The van der Waals surface area contributed by atoms with Crippen LogP contribution in [0.3, 0.4) is 0 Å². The molecule has 5 rings (SSSR count). The number of likely N-dealkylation sites (tertiary alicyclic amines) is 1. The van der Waals surface area contributed by atoms with Crippen LogP contribution in [0, 0.1) is 17.0 Å². The zero-order valence-electron chi connectivity index (χ0n) is 19.1. The van der Waals surface area contributed by atoms with Crippen molar-refractivity contribution < 1.29 is 24.4 Å². The molecule has 0 unspecified atom stereocenters. The molecular formula is C24H25N5O6. The van der Waals surface area contributed by atoms with Gasteiger partial charge >= 0.3 is 6.09 Å². The van der Waals surface area contributed by atoms with E-state index in [1.54, 1.807) is 31.2 Å². The number of nitro groups is 1. The lowest BCUT2D eigenvalue weighted by molar-refractivity contribution is -0.385. The molecule has 2 aliphatic heterocycles. The maximum atomic E-state index is 13.2. The number of fused-ring (bicyclic) bond motifs is 2. The molecule has 11 heteroatoms. The van der Waals surface area contributed by atoms with E-state index in [1.165, 1.54) is 17.0 Å². The second kappa shape index (κ2) is 8.57. The van der Waals surface area contributed by atoms with Crippen LogP contribution in [0.2, 0.25) is 0 Å². The Labute approximate surface area is 200 Å². The van der Waals surface area contributed by atoms with Crippen molar-refractivity contribution in [1.82, 2.24) is 10.2 Å². The number of hydrogen-bond donors (Lipinski definition) is 3. The van der Waals surface area contributed by atoms with Gasteiger partial charge in [-0.1, -0.05) is 6.07 Å². The van der Waals surface area contributed by atoms with Crippen molar-refractivity contribution in [1.29, 1.82) is 0 Å². The number of nitrogens with zero attached hydrogens (tertiary/aromatic N) is 3. The van der Waals surface area contributed by atoms with Crippen molar-refractivity contribution in [3.63, 3.8) is 0 Å².